The van der Waals surface area contributed by atoms with Gasteiger partial charge in [-0.25, -0.2) is 0 Å². The molecule has 1 atom stereocenters. The summed E-state index contributed by atoms with van der Waals surface area (Å²) in [4.78, 5) is 2.51. The van der Waals surface area contributed by atoms with Gasteiger partial charge in [0.1, 0.15) is 0 Å². The van der Waals surface area contributed by atoms with E-state index in [-0.39, 0.29) is 0 Å². The third-order valence-corrected chi connectivity index (χ3v) is 3.41. The van der Waals surface area contributed by atoms with Crippen LogP contribution in [0.5, 0.6) is 0 Å². The maximum Gasteiger partial charge on any atom is 0.0594 e. The van der Waals surface area contributed by atoms with Gasteiger partial charge in [-0.05, 0) is 18.9 Å². The average molecular weight is 249 g/mol. The molecule has 1 aromatic carbocycles. The molecule has 1 unspecified atom stereocenters. The number of hydrogen-bond donors (Lipinski definition) is 0. The molecule has 1 aliphatic rings. The minimum Gasteiger partial charge on any atom is -0.382 e. The monoisotopic (exact) mass is 249 g/mol. The summed E-state index contributed by atoms with van der Waals surface area (Å²) in [5.41, 5.74) is 1.39. The highest BCUT2D eigenvalue weighted by Crippen LogP contribution is 2.25. The zero-order valence-corrected chi connectivity index (χ0v) is 11.2. The van der Waals surface area contributed by atoms with Crippen molar-refractivity contribution in [3.8, 4) is 0 Å². The summed E-state index contributed by atoms with van der Waals surface area (Å²) in [6.45, 7) is 7.40. The third kappa shape index (κ3) is 3.80. The van der Waals surface area contributed by atoms with Crippen molar-refractivity contribution in [3.63, 3.8) is 0 Å². The first kappa shape index (κ1) is 13.5. The highest BCUT2D eigenvalue weighted by molar-refractivity contribution is 5.19. The van der Waals surface area contributed by atoms with Crippen LogP contribution in [0.15, 0.2) is 30.3 Å². The second-order valence-corrected chi connectivity index (χ2v) is 4.56. The fourth-order valence-electron chi connectivity index (χ4n) is 2.46. The first-order valence-electron chi connectivity index (χ1n) is 6.86. The molecule has 0 radical (unpaired) electrons. The van der Waals surface area contributed by atoms with Crippen LogP contribution in [-0.4, -0.2) is 44.4 Å². The lowest BCUT2D eigenvalue weighted by atomic mass is 10.0. The quantitative estimate of drug-likeness (QED) is 0.723. The van der Waals surface area contributed by atoms with E-state index in [1.165, 1.54) is 5.56 Å². The Morgan fingerprint density at radius 1 is 1.22 bits per heavy atom. The molecule has 3 nitrogen and oxygen atoms in total. The standard InChI is InChI=1S/C15H23NO2/c1-2-17-11-8-15(14-6-4-3-5-7-14)16-9-12-18-13-10-16/h3-7,15H,2,8-13H2,1H3. The average Bonchev–Trinajstić information content (AvgIpc) is 2.46. The van der Waals surface area contributed by atoms with E-state index in [9.17, 15) is 0 Å². The van der Waals surface area contributed by atoms with Crippen molar-refractivity contribution in [2.75, 3.05) is 39.5 Å². The zero-order chi connectivity index (χ0) is 12.6. The summed E-state index contributed by atoms with van der Waals surface area (Å²) in [5, 5.41) is 0. The lowest BCUT2D eigenvalue weighted by molar-refractivity contribution is 0.00689. The number of benzene rings is 1. The van der Waals surface area contributed by atoms with Gasteiger partial charge in [0.15, 0.2) is 0 Å². The first-order valence-corrected chi connectivity index (χ1v) is 6.86. The van der Waals surface area contributed by atoms with Crippen molar-refractivity contribution >= 4 is 0 Å². The molecular weight excluding hydrogens is 226 g/mol. The van der Waals surface area contributed by atoms with E-state index in [1.807, 2.05) is 6.92 Å². The van der Waals surface area contributed by atoms with E-state index in [4.69, 9.17) is 9.47 Å². The maximum atomic E-state index is 5.52. The fraction of sp³-hybridized carbons (Fsp3) is 0.600. The Labute approximate surface area is 110 Å². The Morgan fingerprint density at radius 3 is 2.61 bits per heavy atom. The molecule has 0 bridgehead atoms. The van der Waals surface area contributed by atoms with Crippen LogP contribution in [0.4, 0.5) is 0 Å². The van der Waals surface area contributed by atoms with Gasteiger partial charge >= 0.3 is 0 Å². The van der Waals surface area contributed by atoms with Crippen molar-refractivity contribution in [3.05, 3.63) is 35.9 Å². The fourth-order valence-corrected chi connectivity index (χ4v) is 2.46. The minimum atomic E-state index is 0.460. The van der Waals surface area contributed by atoms with Gasteiger partial charge in [0.25, 0.3) is 0 Å². The lowest BCUT2D eigenvalue weighted by Crippen LogP contribution is -2.39. The molecular formula is C15H23NO2. The third-order valence-electron chi connectivity index (χ3n) is 3.41. The van der Waals surface area contributed by atoms with Gasteiger partial charge < -0.3 is 9.47 Å². The van der Waals surface area contributed by atoms with Gasteiger partial charge in [-0.1, -0.05) is 30.3 Å². The summed E-state index contributed by atoms with van der Waals surface area (Å²) in [5.74, 6) is 0. The Hall–Kier alpha value is -0.900. The van der Waals surface area contributed by atoms with Crippen LogP contribution in [-0.2, 0) is 9.47 Å². The Kier molecular flexibility index (Phi) is 5.65. The van der Waals surface area contributed by atoms with Crippen molar-refractivity contribution in [2.45, 2.75) is 19.4 Å². The van der Waals surface area contributed by atoms with Crippen LogP contribution >= 0.6 is 0 Å². The number of hydrogen-bond acceptors (Lipinski definition) is 3. The van der Waals surface area contributed by atoms with E-state index in [0.29, 0.717) is 6.04 Å². The summed E-state index contributed by atoms with van der Waals surface area (Å²) in [6, 6.07) is 11.2. The molecule has 0 aromatic heterocycles. The van der Waals surface area contributed by atoms with Crippen LogP contribution in [0.3, 0.4) is 0 Å². The predicted molar refractivity (Wildman–Crippen MR) is 72.7 cm³/mol. The molecule has 0 spiro atoms. The lowest BCUT2D eigenvalue weighted by Gasteiger charge is -2.34. The van der Waals surface area contributed by atoms with Crippen molar-refractivity contribution < 1.29 is 9.47 Å². The zero-order valence-electron chi connectivity index (χ0n) is 11.2. The van der Waals surface area contributed by atoms with Crippen LogP contribution in [0.1, 0.15) is 24.9 Å². The number of morpholine rings is 1. The van der Waals surface area contributed by atoms with Crippen molar-refractivity contribution in [1.29, 1.82) is 0 Å². The molecule has 3 heteroatoms. The summed E-state index contributed by atoms with van der Waals surface area (Å²) >= 11 is 0. The largest absolute Gasteiger partial charge is 0.382 e. The van der Waals surface area contributed by atoms with Gasteiger partial charge in [-0.2, -0.15) is 0 Å². The SMILES string of the molecule is CCOCCC(c1ccccc1)N1CCOCC1. The van der Waals surface area contributed by atoms with Crippen LogP contribution in [0.2, 0.25) is 0 Å². The van der Waals surface area contributed by atoms with Gasteiger partial charge in [0.2, 0.25) is 0 Å². The first-order chi connectivity index (χ1) is 8.92. The minimum absolute atomic E-state index is 0.460. The molecule has 1 heterocycles. The van der Waals surface area contributed by atoms with Crippen LogP contribution < -0.4 is 0 Å². The molecule has 0 saturated carbocycles. The molecule has 0 amide bonds. The van der Waals surface area contributed by atoms with E-state index in [1.54, 1.807) is 0 Å². The van der Waals surface area contributed by atoms with Crippen LogP contribution in [0, 0.1) is 0 Å². The Morgan fingerprint density at radius 2 is 1.94 bits per heavy atom. The molecule has 1 aromatic rings. The van der Waals surface area contributed by atoms with E-state index in [0.717, 1.165) is 45.9 Å². The van der Waals surface area contributed by atoms with Gasteiger partial charge in [-0.15, -0.1) is 0 Å². The highest BCUT2D eigenvalue weighted by Gasteiger charge is 2.21. The number of rotatable bonds is 6. The molecule has 1 saturated heterocycles. The van der Waals surface area contributed by atoms with Gasteiger partial charge in [0, 0.05) is 32.3 Å². The molecule has 0 aliphatic carbocycles. The second-order valence-electron chi connectivity index (χ2n) is 4.56. The molecule has 0 N–H and O–H groups in total. The van der Waals surface area contributed by atoms with Gasteiger partial charge in [-0.3, -0.25) is 4.90 Å². The van der Waals surface area contributed by atoms with Crippen molar-refractivity contribution in [1.82, 2.24) is 4.90 Å². The summed E-state index contributed by atoms with van der Waals surface area (Å²) < 4.78 is 11.0. The predicted octanol–water partition coefficient (Wildman–Crippen LogP) is 2.49. The van der Waals surface area contributed by atoms with Crippen LogP contribution in [0.25, 0.3) is 0 Å². The second kappa shape index (κ2) is 7.52. The molecule has 100 valence electrons. The molecule has 1 aliphatic heterocycles. The van der Waals surface area contributed by atoms with Gasteiger partial charge in [0.05, 0.1) is 13.2 Å². The Balaban J connectivity index is 2.01. The smallest absolute Gasteiger partial charge is 0.0594 e. The van der Waals surface area contributed by atoms with E-state index in [2.05, 4.69) is 35.2 Å². The normalized spacial score (nSPS) is 18.7. The highest BCUT2D eigenvalue weighted by atomic mass is 16.5. The van der Waals surface area contributed by atoms with E-state index < -0.39 is 0 Å². The molecule has 2 rings (SSSR count). The summed E-state index contributed by atoms with van der Waals surface area (Å²) in [7, 11) is 0. The summed E-state index contributed by atoms with van der Waals surface area (Å²) in [6.07, 6.45) is 1.05. The molecule has 18 heavy (non-hydrogen) atoms. The topological polar surface area (TPSA) is 21.7 Å². The number of ether oxygens (including phenoxy) is 2. The molecule has 1 fully saturated rings. The van der Waals surface area contributed by atoms with Crippen molar-refractivity contribution in [2.24, 2.45) is 0 Å². The number of nitrogens with zero attached hydrogens (tertiary/aromatic N) is 1. The van der Waals surface area contributed by atoms with E-state index >= 15 is 0 Å². The Bertz CT molecular complexity index is 323. The maximum absolute atomic E-state index is 5.52.